The summed E-state index contributed by atoms with van der Waals surface area (Å²) in [5.74, 6) is 3.02. The molecule has 1 saturated carbocycles. The van der Waals surface area contributed by atoms with Crippen LogP contribution in [0.4, 0.5) is 5.82 Å². The van der Waals surface area contributed by atoms with Crippen LogP contribution in [0.15, 0.2) is 12.3 Å². The monoisotopic (exact) mass is 218 g/mol. The molecule has 0 aliphatic heterocycles. The number of aromatic nitrogens is 1. The summed E-state index contributed by atoms with van der Waals surface area (Å²) in [5.41, 5.74) is 8.48. The molecule has 2 heteroatoms. The highest BCUT2D eigenvalue weighted by Crippen LogP contribution is 2.40. The van der Waals surface area contributed by atoms with Gasteiger partial charge in [-0.15, -0.1) is 0 Å². The van der Waals surface area contributed by atoms with Crippen molar-refractivity contribution in [1.29, 1.82) is 0 Å². The van der Waals surface area contributed by atoms with Crippen LogP contribution >= 0.6 is 0 Å². The Morgan fingerprint density at radius 3 is 2.69 bits per heavy atom. The Bertz CT molecular complexity index is 373. The summed E-state index contributed by atoms with van der Waals surface area (Å²) in [4.78, 5) is 4.28. The minimum atomic E-state index is 0.624. The highest BCUT2D eigenvalue weighted by molar-refractivity contribution is 5.43. The first-order valence-corrected chi connectivity index (χ1v) is 6.30. The van der Waals surface area contributed by atoms with E-state index in [1.807, 2.05) is 6.20 Å². The van der Waals surface area contributed by atoms with E-state index >= 15 is 0 Å². The van der Waals surface area contributed by atoms with Crippen molar-refractivity contribution in [2.24, 2.45) is 11.8 Å². The van der Waals surface area contributed by atoms with Gasteiger partial charge in [0.1, 0.15) is 5.82 Å². The number of nitrogens with zero attached hydrogens (tertiary/aromatic N) is 1. The molecule has 2 N–H and O–H groups in total. The average Bonchev–Trinajstić information content (AvgIpc) is 2.26. The number of anilines is 1. The van der Waals surface area contributed by atoms with Crippen molar-refractivity contribution in [1.82, 2.24) is 4.98 Å². The van der Waals surface area contributed by atoms with Gasteiger partial charge < -0.3 is 5.73 Å². The maximum Gasteiger partial charge on any atom is 0.126 e. The van der Waals surface area contributed by atoms with Crippen molar-refractivity contribution in [2.75, 3.05) is 5.73 Å². The summed E-state index contributed by atoms with van der Waals surface area (Å²) in [6.07, 6.45) is 5.70. The van der Waals surface area contributed by atoms with Crippen LogP contribution in [0.1, 0.15) is 50.2 Å². The summed E-state index contributed by atoms with van der Waals surface area (Å²) in [6, 6.07) is 2.22. The van der Waals surface area contributed by atoms with Gasteiger partial charge in [-0.3, -0.25) is 0 Å². The fourth-order valence-corrected chi connectivity index (χ4v) is 2.76. The van der Waals surface area contributed by atoms with Gasteiger partial charge >= 0.3 is 0 Å². The Morgan fingerprint density at radius 1 is 1.25 bits per heavy atom. The molecule has 2 nitrogen and oxygen atoms in total. The highest BCUT2D eigenvalue weighted by Gasteiger charge is 2.26. The SMILES string of the molecule is Cc1cnc(N)c(C2CCC(C)C(C)C2)c1. The van der Waals surface area contributed by atoms with E-state index in [-0.39, 0.29) is 0 Å². The van der Waals surface area contributed by atoms with Gasteiger partial charge in [0.25, 0.3) is 0 Å². The zero-order valence-corrected chi connectivity index (χ0v) is 10.5. The van der Waals surface area contributed by atoms with Crippen LogP contribution in [-0.2, 0) is 0 Å². The van der Waals surface area contributed by atoms with Gasteiger partial charge in [0, 0.05) is 6.20 Å². The molecule has 1 heterocycles. The standard InChI is InChI=1S/C14H22N2/c1-9-6-13(14(15)16-8-9)12-5-4-10(2)11(3)7-12/h6,8,10-12H,4-5,7H2,1-3H3,(H2,15,16). The highest BCUT2D eigenvalue weighted by atomic mass is 14.8. The number of hydrogen-bond acceptors (Lipinski definition) is 2. The molecule has 88 valence electrons. The Kier molecular flexibility index (Phi) is 3.17. The van der Waals surface area contributed by atoms with E-state index in [0.717, 1.165) is 17.7 Å². The Morgan fingerprint density at radius 2 is 2.00 bits per heavy atom. The maximum absolute atomic E-state index is 5.99. The third kappa shape index (κ3) is 2.21. The van der Waals surface area contributed by atoms with E-state index in [2.05, 4.69) is 31.8 Å². The summed E-state index contributed by atoms with van der Waals surface area (Å²) >= 11 is 0. The Labute approximate surface area is 98.3 Å². The van der Waals surface area contributed by atoms with Crippen LogP contribution in [0.3, 0.4) is 0 Å². The van der Waals surface area contributed by atoms with Crippen molar-refractivity contribution in [3.63, 3.8) is 0 Å². The molecular weight excluding hydrogens is 196 g/mol. The van der Waals surface area contributed by atoms with Gasteiger partial charge in [-0.2, -0.15) is 0 Å². The van der Waals surface area contributed by atoms with E-state index in [4.69, 9.17) is 5.73 Å². The summed E-state index contributed by atoms with van der Waals surface area (Å²) in [5, 5.41) is 0. The fourth-order valence-electron chi connectivity index (χ4n) is 2.76. The van der Waals surface area contributed by atoms with Crippen molar-refractivity contribution in [2.45, 2.75) is 46.0 Å². The first kappa shape index (κ1) is 11.4. The van der Waals surface area contributed by atoms with Crippen molar-refractivity contribution >= 4 is 5.82 Å². The molecule has 1 aromatic rings. The second-order valence-corrected chi connectivity index (χ2v) is 5.45. The van der Waals surface area contributed by atoms with E-state index in [1.165, 1.54) is 30.4 Å². The quantitative estimate of drug-likeness (QED) is 0.783. The van der Waals surface area contributed by atoms with Crippen molar-refractivity contribution in [3.05, 3.63) is 23.4 Å². The Hall–Kier alpha value is -1.05. The number of aryl methyl sites for hydroxylation is 1. The van der Waals surface area contributed by atoms with E-state index < -0.39 is 0 Å². The van der Waals surface area contributed by atoms with Gasteiger partial charge in [0.2, 0.25) is 0 Å². The molecular formula is C14H22N2. The molecule has 0 bridgehead atoms. The lowest BCUT2D eigenvalue weighted by atomic mass is 9.73. The van der Waals surface area contributed by atoms with Crippen LogP contribution in [-0.4, -0.2) is 4.98 Å². The van der Waals surface area contributed by atoms with Crippen LogP contribution in [0.5, 0.6) is 0 Å². The molecule has 1 aromatic heterocycles. The second-order valence-electron chi connectivity index (χ2n) is 5.45. The van der Waals surface area contributed by atoms with Crippen LogP contribution in [0.25, 0.3) is 0 Å². The fraction of sp³-hybridized carbons (Fsp3) is 0.643. The Balaban J connectivity index is 2.21. The van der Waals surface area contributed by atoms with Gasteiger partial charge in [-0.1, -0.05) is 19.9 Å². The normalized spacial score (nSPS) is 30.3. The summed E-state index contributed by atoms with van der Waals surface area (Å²) in [7, 11) is 0. The van der Waals surface area contributed by atoms with Crippen molar-refractivity contribution < 1.29 is 0 Å². The van der Waals surface area contributed by atoms with E-state index in [9.17, 15) is 0 Å². The molecule has 3 atom stereocenters. The number of hydrogen-bond donors (Lipinski definition) is 1. The molecule has 1 fully saturated rings. The van der Waals surface area contributed by atoms with Crippen molar-refractivity contribution in [3.8, 4) is 0 Å². The molecule has 3 unspecified atom stereocenters. The van der Waals surface area contributed by atoms with E-state index in [1.54, 1.807) is 0 Å². The number of pyridine rings is 1. The molecule has 0 saturated heterocycles. The van der Waals surface area contributed by atoms with Gasteiger partial charge in [-0.25, -0.2) is 4.98 Å². The third-order valence-corrected chi connectivity index (χ3v) is 4.12. The lowest BCUT2D eigenvalue weighted by Crippen LogP contribution is -2.20. The third-order valence-electron chi connectivity index (χ3n) is 4.12. The first-order valence-electron chi connectivity index (χ1n) is 6.30. The number of rotatable bonds is 1. The predicted octanol–water partition coefficient (Wildman–Crippen LogP) is 3.51. The number of nitrogen functional groups attached to an aromatic ring is 1. The minimum Gasteiger partial charge on any atom is -0.383 e. The van der Waals surface area contributed by atoms with Crippen LogP contribution < -0.4 is 5.73 Å². The van der Waals surface area contributed by atoms with Crippen LogP contribution in [0.2, 0.25) is 0 Å². The second kappa shape index (κ2) is 4.44. The molecule has 2 rings (SSSR count). The molecule has 0 amide bonds. The lowest BCUT2D eigenvalue weighted by molar-refractivity contribution is 0.250. The average molecular weight is 218 g/mol. The molecule has 1 aliphatic rings. The summed E-state index contributed by atoms with van der Waals surface area (Å²) < 4.78 is 0. The predicted molar refractivity (Wildman–Crippen MR) is 68.3 cm³/mol. The molecule has 1 aliphatic carbocycles. The maximum atomic E-state index is 5.99. The minimum absolute atomic E-state index is 0.624. The zero-order chi connectivity index (χ0) is 11.7. The van der Waals surface area contributed by atoms with Gasteiger partial charge in [0.15, 0.2) is 0 Å². The number of nitrogens with two attached hydrogens (primary N) is 1. The summed E-state index contributed by atoms with van der Waals surface area (Å²) in [6.45, 7) is 6.81. The first-order chi connectivity index (χ1) is 7.58. The molecule has 0 spiro atoms. The van der Waals surface area contributed by atoms with Gasteiger partial charge in [0.05, 0.1) is 0 Å². The van der Waals surface area contributed by atoms with Gasteiger partial charge in [-0.05, 0) is 55.1 Å². The van der Waals surface area contributed by atoms with Crippen LogP contribution in [0, 0.1) is 18.8 Å². The molecule has 0 radical (unpaired) electrons. The van der Waals surface area contributed by atoms with E-state index in [0.29, 0.717) is 5.92 Å². The largest absolute Gasteiger partial charge is 0.383 e. The topological polar surface area (TPSA) is 38.9 Å². The lowest BCUT2D eigenvalue weighted by Gasteiger charge is -2.32. The zero-order valence-electron chi connectivity index (χ0n) is 10.5. The molecule has 0 aromatic carbocycles. The molecule has 16 heavy (non-hydrogen) atoms. The smallest absolute Gasteiger partial charge is 0.126 e.